The van der Waals surface area contributed by atoms with Crippen LogP contribution in [0.5, 0.6) is 0 Å². The first-order valence-electron chi connectivity index (χ1n) is 4.97. The van der Waals surface area contributed by atoms with E-state index in [1.165, 1.54) is 19.2 Å². The van der Waals surface area contributed by atoms with E-state index < -0.39 is 12.4 Å². The van der Waals surface area contributed by atoms with Gasteiger partial charge in [0, 0.05) is 5.56 Å². The Morgan fingerprint density at radius 1 is 1.25 bits per heavy atom. The third kappa shape index (κ3) is 2.56. The van der Waals surface area contributed by atoms with Crippen molar-refractivity contribution in [2.75, 3.05) is 7.11 Å². The second-order valence-corrected chi connectivity index (χ2v) is 3.79. The van der Waals surface area contributed by atoms with Crippen LogP contribution in [0.4, 0.5) is 8.78 Å². The van der Waals surface area contributed by atoms with Gasteiger partial charge in [0.1, 0.15) is 0 Å². The summed E-state index contributed by atoms with van der Waals surface area (Å²) < 4.78 is 30.1. The Morgan fingerprint density at radius 2 is 1.88 bits per heavy atom. The van der Waals surface area contributed by atoms with Gasteiger partial charge in [0.2, 0.25) is 0 Å². The summed E-state index contributed by atoms with van der Waals surface area (Å²) in [6.45, 7) is 3.66. The van der Waals surface area contributed by atoms with Crippen molar-refractivity contribution in [1.29, 1.82) is 0 Å². The number of rotatable bonds is 3. The molecule has 0 aliphatic heterocycles. The van der Waals surface area contributed by atoms with Gasteiger partial charge in [0.25, 0.3) is 6.43 Å². The molecule has 0 aliphatic carbocycles. The molecule has 0 bridgehead atoms. The lowest BCUT2D eigenvalue weighted by atomic mass is 9.95. The second-order valence-electron chi connectivity index (χ2n) is 3.79. The Hall–Kier alpha value is -1.45. The lowest BCUT2D eigenvalue weighted by Crippen LogP contribution is -2.05. The summed E-state index contributed by atoms with van der Waals surface area (Å²) >= 11 is 0. The Morgan fingerprint density at radius 3 is 2.31 bits per heavy atom. The number of ether oxygens (including phenoxy) is 1. The van der Waals surface area contributed by atoms with E-state index in [-0.39, 0.29) is 17.0 Å². The molecule has 0 spiro atoms. The lowest BCUT2D eigenvalue weighted by Gasteiger charge is -2.13. The number of halogens is 2. The van der Waals surface area contributed by atoms with Crippen LogP contribution >= 0.6 is 0 Å². The summed E-state index contributed by atoms with van der Waals surface area (Å²) in [7, 11) is 1.22. The van der Waals surface area contributed by atoms with Crippen molar-refractivity contribution in [3.05, 3.63) is 34.9 Å². The third-order valence-electron chi connectivity index (χ3n) is 2.36. The summed E-state index contributed by atoms with van der Waals surface area (Å²) in [6, 6.07) is 4.26. The normalized spacial score (nSPS) is 10.9. The SMILES string of the molecule is COC(=O)c1ccc(C(C)C)c(C(F)F)c1. The highest BCUT2D eigenvalue weighted by molar-refractivity contribution is 5.89. The molecule has 0 atom stereocenters. The maximum atomic E-state index is 12.8. The third-order valence-corrected chi connectivity index (χ3v) is 2.36. The highest BCUT2D eigenvalue weighted by atomic mass is 19.3. The largest absolute Gasteiger partial charge is 0.465 e. The fourth-order valence-corrected chi connectivity index (χ4v) is 1.53. The molecule has 2 nitrogen and oxygen atoms in total. The second kappa shape index (κ2) is 5.05. The van der Waals surface area contributed by atoms with Gasteiger partial charge in [-0.05, 0) is 23.6 Å². The van der Waals surface area contributed by atoms with E-state index in [2.05, 4.69) is 4.74 Å². The van der Waals surface area contributed by atoms with Crippen molar-refractivity contribution in [3.8, 4) is 0 Å². The minimum atomic E-state index is -2.58. The van der Waals surface area contributed by atoms with Gasteiger partial charge in [-0.1, -0.05) is 19.9 Å². The van der Waals surface area contributed by atoms with Crippen LogP contribution in [0.2, 0.25) is 0 Å². The lowest BCUT2D eigenvalue weighted by molar-refractivity contribution is 0.0600. The van der Waals surface area contributed by atoms with Crippen molar-refractivity contribution in [2.45, 2.75) is 26.2 Å². The molecule has 0 fully saturated rings. The molecule has 0 N–H and O–H groups in total. The molecule has 0 amide bonds. The van der Waals surface area contributed by atoms with Crippen molar-refractivity contribution in [2.24, 2.45) is 0 Å². The van der Waals surface area contributed by atoms with E-state index in [9.17, 15) is 13.6 Å². The summed E-state index contributed by atoms with van der Waals surface area (Å²) in [5.41, 5.74) is 0.614. The predicted molar refractivity (Wildman–Crippen MR) is 56.8 cm³/mol. The molecule has 0 heterocycles. The zero-order chi connectivity index (χ0) is 12.3. The number of benzene rings is 1. The number of carbonyl (C=O) groups excluding carboxylic acids is 1. The molecule has 0 radical (unpaired) electrons. The van der Waals surface area contributed by atoms with Gasteiger partial charge in [-0.15, -0.1) is 0 Å². The molecule has 16 heavy (non-hydrogen) atoms. The van der Waals surface area contributed by atoms with Crippen molar-refractivity contribution >= 4 is 5.97 Å². The van der Waals surface area contributed by atoms with Crippen LogP contribution < -0.4 is 0 Å². The van der Waals surface area contributed by atoms with Crippen LogP contribution in [0, 0.1) is 0 Å². The van der Waals surface area contributed by atoms with E-state index in [0.717, 1.165) is 0 Å². The summed E-state index contributed by atoms with van der Waals surface area (Å²) in [5.74, 6) is -0.604. The molecule has 88 valence electrons. The van der Waals surface area contributed by atoms with Crippen LogP contribution in [0.25, 0.3) is 0 Å². The van der Waals surface area contributed by atoms with Crippen molar-refractivity contribution in [1.82, 2.24) is 0 Å². The molecule has 0 aromatic heterocycles. The highest BCUT2D eigenvalue weighted by Crippen LogP contribution is 2.29. The van der Waals surface area contributed by atoms with Gasteiger partial charge >= 0.3 is 5.97 Å². The molecule has 0 saturated carbocycles. The van der Waals surface area contributed by atoms with Gasteiger partial charge < -0.3 is 4.74 Å². The first-order valence-corrected chi connectivity index (χ1v) is 4.97. The van der Waals surface area contributed by atoms with E-state index in [4.69, 9.17) is 0 Å². The average molecular weight is 228 g/mol. The fraction of sp³-hybridized carbons (Fsp3) is 0.417. The number of hydrogen-bond donors (Lipinski definition) is 0. The van der Waals surface area contributed by atoms with Gasteiger partial charge in [0.05, 0.1) is 12.7 Å². The Kier molecular flexibility index (Phi) is 3.99. The van der Waals surface area contributed by atoms with E-state index >= 15 is 0 Å². The van der Waals surface area contributed by atoms with E-state index in [0.29, 0.717) is 5.56 Å². The molecular weight excluding hydrogens is 214 g/mol. The summed E-state index contributed by atoms with van der Waals surface area (Å²) in [5, 5.41) is 0. The maximum absolute atomic E-state index is 12.8. The van der Waals surface area contributed by atoms with Crippen LogP contribution in [0.15, 0.2) is 18.2 Å². The molecular formula is C12H14F2O2. The predicted octanol–water partition coefficient (Wildman–Crippen LogP) is 3.53. The van der Waals surface area contributed by atoms with Crippen LogP contribution in [0.1, 0.15) is 47.7 Å². The quantitative estimate of drug-likeness (QED) is 0.740. The van der Waals surface area contributed by atoms with Gasteiger partial charge in [0.15, 0.2) is 0 Å². The van der Waals surface area contributed by atoms with Crippen molar-refractivity contribution < 1.29 is 18.3 Å². The van der Waals surface area contributed by atoms with Crippen LogP contribution in [-0.4, -0.2) is 13.1 Å². The van der Waals surface area contributed by atoms with E-state index in [1.54, 1.807) is 6.07 Å². The van der Waals surface area contributed by atoms with Gasteiger partial charge in [-0.3, -0.25) is 0 Å². The number of esters is 1. The van der Waals surface area contributed by atoms with Crippen molar-refractivity contribution in [3.63, 3.8) is 0 Å². The van der Waals surface area contributed by atoms with E-state index in [1.807, 2.05) is 13.8 Å². The number of hydrogen-bond acceptors (Lipinski definition) is 2. The van der Waals surface area contributed by atoms with Gasteiger partial charge in [-0.25, -0.2) is 13.6 Å². The number of carbonyl (C=O) groups is 1. The maximum Gasteiger partial charge on any atom is 0.337 e. The molecule has 1 rings (SSSR count). The number of methoxy groups -OCH3 is 1. The minimum absolute atomic E-state index is 0.00398. The molecule has 1 aromatic rings. The average Bonchev–Trinajstić information content (AvgIpc) is 2.26. The highest BCUT2D eigenvalue weighted by Gasteiger charge is 2.18. The zero-order valence-corrected chi connectivity index (χ0v) is 9.46. The molecule has 1 aromatic carbocycles. The van der Waals surface area contributed by atoms with Crippen LogP contribution in [-0.2, 0) is 4.74 Å². The fourth-order valence-electron chi connectivity index (χ4n) is 1.53. The zero-order valence-electron chi connectivity index (χ0n) is 9.46. The molecule has 0 saturated heterocycles. The summed E-state index contributed by atoms with van der Waals surface area (Å²) in [4.78, 5) is 11.2. The Labute approximate surface area is 93.2 Å². The molecule has 0 unspecified atom stereocenters. The first kappa shape index (κ1) is 12.6. The van der Waals surface area contributed by atoms with Crippen LogP contribution in [0.3, 0.4) is 0 Å². The molecule has 0 aliphatic rings. The topological polar surface area (TPSA) is 26.3 Å². The summed E-state index contributed by atoms with van der Waals surface area (Å²) in [6.07, 6.45) is -2.58. The molecule has 4 heteroatoms. The standard InChI is InChI=1S/C12H14F2O2/c1-7(2)9-5-4-8(12(15)16-3)6-10(9)11(13)14/h4-7,11H,1-3H3. The smallest absolute Gasteiger partial charge is 0.337 e. The first-order chi connectivity index (χ1) is 7.47. The van der Waals surface area contributed by atoms with Gasteiger partial charge in [-0.2, -0.15) is 0 Å². The Balaban J connectivity index is 3.22. The Bertz CT molecular complexity index is 387. The number of alkyl halides is 2. The monoisotopic (exact) mass is 228 g/mol. The minimum Gasteiger partial charge on any atom is -0.465 e.